The number of nitrogens with zero attached hydrogens (tertiary/aromatic N) is 1. The SMILES string of the molecule is COCC1NC(C)=C(C#N)C(c2ccc(C(F)(F)F)cc2C(F)(F)F)C1(C(=O)O)C(C)C. The maximum absolute atomic E-state index is 13.9. The van der Waals surface area contributed by atoms with Crippen LogP contribution >= 0.6 is 0 Å². The predicted octanol–water partition coefficient (Wildman–Crippen LogP) is 4.95. The van der Waals surface area contributed by atoms with E-state index in [2.05, 4.69) is 5.32 Å². The molecule has 32 heavy (non-hydrogen) atoms. The van der Waals surface area contributed by atoms with E-state index in [1.807, 2.05) is 0 Å². The van der Waals surface area contributed by atoms with Gasteiger partial charge in [-0.3, -0.25) is 4.79 Å². The van der Waals surface area contributed by atoms with Crippen LogP contribution in [-0.4, -0.2) is 30.8 Å². The maximum Gasteiger partial charge on any atom is 0.416 e. The molecule has 1 aromatic rings. The fourth-order valence-electron chi connectivity index (χ4n) is 4.51. The maximum atomic E-state index is 13.9. The highest BCUT2D eigenvalue weighted by atomic mass is 19.4. The fraction of sp³-hybridized carbons (Fsp3) is 0.524. The van der Waals surface area contributed by atoms with E-state index in [-0.39, 0.29) is 23.9 Å². The largest absolute Gasteiger partial charge is 0.481 e. The topological polar surface area (TPSA) is 82.3 Å². The molecule has 3 atom stereocenters. The summed E-state index contributed by atoms with van der Waals surface area (Å²) in [4.78, 5) is 12.7. The van der Waals surface area contributed by atoms with E-state index in [0.717, 1.165) is 0 Å². The third kappa shape index (κ3) is 4.16. The average molecular weight is 464 g/mol. The van der Waals surface area contributed by atoms with Crippen LogP contribution in [0.1, 0.15) is 43.4 Å². The van der Waals surface area contributed by atoms with Gasteiger partial charge in [-0.05, 0) is 30.5 Å². The van der Waals surface area contributed by atoms with Gasteiger partial charge in [-0.15, -0.1) is 0 Å². The first-order chi connectivity index (χ1) is 14.6. The second kappa shape index (κ2) is 8.65. The molecule has 0 radical (unpaired) electrons. The summed E-state index contributed by atoms with van der Waals surface area (Å²) in [5.74, 6) is -4.01. The molecular weight excluding hydrogens is 442 g/mol. The van der Waals surface area contributed by atoms with Crippen molar-refractivity contribution in [2.75, 3.05) is 13.7 Å². The smallest absolute Gasteiger partial charge is 0.416 e. The number of allylic oxidation sites excluding steroid dienone is 2. The number of nitriles is 1. The minimum atomic E-state index is -5.23. The number of carboxylic acid groups (broad SMARTS) is 1. The van der Waals surface area contributed by atoms with Crippen molar-refractivity contribution in [3.63, 3.8) is 0 Å². The van der Waals surface area contributed by atoms with Gasteiger partial charge in [0.25, 0.3) is 0 Å². The van der Waals surface area contributed by atoms with Crippen LogP contribution < -0.4 is 5.32 Å². The summed E-state index contributed by atoms with van der Waals surface area (Å²) < 4.78 is 86.4. The molecule has 11 heteroatoms. The van der Waals surface area contributed by atoms with Crippen molar-refractivity contribution in [2.45, 2.75) is 45.1 Å². The zero-order valence-electron chi connectivity index (χ0n) is 17.6. The van der Waals surface area contributed by atoms with Crippen molar-refractivity contribution in [3.8, 4) is 6.07 Å². The molecule has 0 saturated heterocycles. The Bertz CT molecular complexity index is 962. The van der Waals surface area contributed by atoms with E-state index in [0.29, 0.717) is 12.1 Å². The van der Waals surface area contributed by atoms with E-state index in [1.54, 1.807) is 6.07 Å². The highest BCUT2D eigenvalue weighted by Crippen LogP contribution is 2.55. The number of carboxylic acids is 1. The first-order valence-corrected chi connectivity index (χ1v) is 9.52. The Labute approximate surface area is 180 Å². The van der Waals surface area contributed by atoms with E-state index in [1.165, 1.54) is 27.9 Å². The van der Waals surface area contributed by atoms with Gasteiger partial charge in [0, 0.05) is 18.7 Å². The van der Waals surface area contributed by atoms with E-state index < -0.39 is 58.3 Å². The molecule has 0 amide bonds. The van der Waals surface area contributed by atoms with Crippen LogP contribution in [0.15, 0.2) is 29.5 Å². The third-order valence-corrected chi connectivity index (χ3v) is 5.91. The van der Waals surface area contributed by atoms with Gasteiger partial charge in [0.1, 0.15) is 5.41 Å². The van der Waals surface area contributed by atoms with Gasteiger partial charge in [0.05, 0.1) is 35.4 Å². The van der Waals surface area contributed by atoms with Crippen LogP contribution in [0.25, 0.3) is 0 Å². The van der Waals surface area contributed by atoms with Gasteiger partial charge in [0.2, 0.25) is 0 Å². The molecule has 2 N–H and O–H groups in total. The average Bonchev–Trinajstić information content (AvgIpc) is 2.65. The molecule has 0 spiro atoms. The summed E-state index contributed by atoms with van der Waals surface area (Å²) in [5.41, 5.74) is -6.06. The van der Waals surface area contributed by atoms with E-state index in [9.17, 15) is 41.5 Å². The molecule has 0 bridgehead atoms. The summed E-state index contributed by atoms with van der Waals surface area (Å²) in [6, 6.07) is 1.76. The number of nitrogens with one attached hydrogen (secondary N) is 1. The zero-order valence-corrected chi connectivity index (χ0v) is 17.6. The van der Waals surface area contributed by atoms with Crippen LogP contribution in [0.3, 0.4) is 0 Å². The van der Waals surface area contributed by atoms with Crippen LogP contribution in [0.4, 0.5) is 26.3 Å². The van der Waals surface area contributed by atoms with Gasteiger partial charge >= 0.3 is 18.3 Å². The van der Waals surface area contributed by atoms with Crippen LogP contribution in [-0.2, 0) is 21.9 Å². The number of halogens is 6. The lowest BCUT2D eigenvalue weighted by molar-refractivity contribution is -0.159. The van der Waals surface area contributed by atoms with Gasteiger partial charge < -0.3 is 15.2 Å². The molecule has 176 valence electrons. The third-order valence-electron chi connectivity index (χ3n) is 5.91. The monoisotopic (exact) mass is 464 g/mol. The molecular formula is C21H22F6N2O3. The predicted molar refractivity (Wildman–Crippen MR) is 101 cm³/mol. The number of ether oxygens (including phenoxy) is 1. The Hall–Kier alpha value is -2.74. The molecule has 1 aliphatic heterocycles. The minimum Gasteiger partial charge on any atom is -0.481 e. The highest BCUT2D eigenvalue weighted by molar-refractivity contribution is 5.80. The lowest BCUT2D eigenvalue weighted by Crippen LogP contribution is -2.61. The molecule has 1 aliphatic rings. The lowest BCUT2D eigenvalue weighted by atomic mass is 9.56. The van der Waals surface area contributed by atoms with Gasteiger partial charge in [0.15, 0.2) is 0 Å². The molecule has 3 unspecified atom stereocenters. The molecule has 0 aliphatic carbocycles. The Morgan fingerprint density at radius 2 is 1.84 bits per heavy atom. The number of alkyl halides is 6. The standard InChI is InChI=1S/C21H22F6N2O3/c1-10(2)19(18(30)31)16(9-32-4)29-11(3)14(8-28)17(19)13-6-5-12(20(22,23)24)7-15(13)21(25,26)27/h5-7,10,16-17,29H,9H2,1-4H3,(H,30,31). The number of carbonyl (C=O) groups is 1. The molecule has 0 saturated carbocycles. The van der Waals surface area contributed by atoms with Crippen molar-refractivity contribution in [1.29, 1.82) is 5.26 Å². The fourth-order valence-corrected chi connectivity index (χ4v) is 4.51. The van der Waals surface area contributed by atoms with E-state index >= 15 is 0 Å². The summed E-state index contributed by atoms with van der Waals surface area (Å²) in [6.07, 6.45) is -10.3. The van der Waals surface area contributed by atoms with Crippen molar-refractivity contribution in [3.05, 3.63) is 46.2 Å². The second-order valence-corrected chi connectivity index (χ2v) is 7.93. The number of hydrogen-bond acceptors (Lipinski definition) is 4. The molecule has 1 heterocycles. The Morgan fingerprint density at radius 1 is 1.25 bits per heavy atom. The van der Waals surface area contributed by atoms with Gasteiger partial charge in [-0.25, -0.2) is 0 Å². The van der Waals surface area contributed by atoms with Crippen molar-refractivity contribution >= 4 is 5.97 Å². The Morgan fingerprint density at radius 3 is 2.25 bits per heavy atom. The normalized spacial score (nSPS) is 24.3. The quantitative estimate of drug-likeness (QED) is 0.603. The lowest BCUT2D eigenvalue weighted by Gasteiger charge is -2.50. The zero-order chi connectivity index (χ0) is 24.6. The van der Waals surface area contributed by atoms with Crippen LogP contribution in [0.2, 0.25) is 0 Å². The number of rotatable bonds is 5. The molecule has 0 aromatic heterocycles. The first-order valence-electron chi connectivity index (χ1n) is 9.52. The summed E-state index contributed by atoms with van der Waals surface area (Å²) in [5, 5.41) is 22.9. The van der Waals surface area contributed by atoms with Crippen molar-refractivity contribution in [2.24, 2.45) is 11.3 Å². The van der Waals surface area contributed by atoms with Crippen molar-refractivity contribution in [1.82, 2.24) is 5.32 Å². The van der Waals surface area contributed by atoms with Gasteiger partial charge in [-0.1, -0.05) is 19.9 Å². The molecule has 0 fully saturated rings. The van der Waals surface area contributed by atoms with Crippen LogP contribution in [0.5, 0.6) is 0 Å². The Balaban J connectivity index is 3.02. The molecule has 1 aromatic carbocycles. The van der Waals surface area contributed by atoms with Crippen LogP contribution in [0, 0.1) is 22.7 Å². The van der Waals surface area contributed by atoms with E-state index in [4.69, 9.17) is 4.74 Å². The summed E-state index contributed by atoms with van der Waals surface area (Å²) in [6.45, 7) is 4.12. The number of methoxy groups -OCH3 is 1. The highest BCUT2D eigenvalue weighted by Gasteiger charge is 2.60. The summed E-state index contributed by atoms with van der Waals surface area (Å²) >= 11 is 0. The number of aliphatic carboxylic acids is 1. The molecule has 2 rings (SSSR count). The number of hydrogen-bond donors (Lipinski definition) is 2. The first kappa shape index (κ1) is 25.5. The van der Waals surface area contributed by atoms with Crippen molar-refractivity contribution < 1.29 is 41.0 Å². The minimum absolute atomic E-state index is 0.0417. The molecule has 5 nitrogen and oxygen atoms in total. The Kier molecular flexibility index (Phi) is 6.90. The summed E-state index contributed by atoms with van der Waals surface area (Å²) in [7, 11) is 1.28. The number of benzene rings is 1. The van der Waals surface area contributed by atoms with Gasteiger partial charge in [-0.2, -0.15) is 31.6 Å². The second-order valence-electron chi connectivity index (χ2n) is 7.93.